The van der Waals surface area contributed by atoms with Gasteiger partial charge in [0, 0.05) is 43.6 Å². The molecule has 0 saturated heterocycles. The van der Waals surface area contributed by atoms with E-state index in [4.69, 9.17) is 4.74 Å². The second-order valence-corrected chi connectivity index (χ2v) is 5.71. The smallest absolute Gasteiger partial charge is 0.169 e. The van der Waals surface area contributed by atoms with Gasteiger partial charge in [0.25, 0.3) is 0 Å². The fourth-order valence-electron chi connectivity index (χ4n) is 1.63. The number of nitrogens with one attached hydrogen (secondary N) is 2. The Kier molecular flexibility index (Phi) is 6.88. The molecule has 4 nitrogen and oxygen atoms in total. The number of rotatable bonds is 8. The molecule has 1 aromatic heterocycles. The van der Waals surface area contributed by atoms with E-state index in [2.05, 4.69) is 36.4 Å². The fourth-order valence-corrected chi connectivity index (χ4v) is 1.63. The lowest BCUT2D eigenvalue weighted by atomic mass is 10.1. The van der Waals surface area contributed by atoms with E-state index in [1.165, 1.54) is 0 Å². The summed E-state index contributed by atoms with van der Waals surface area (Å²) < 4.78 is 19.5. The molecule has 0 atom stereocenters. The molecule has 0 fully saturated rings. The van der Waals surface area contributed by atoms with Crippen LogP contribution >= 0.6 is 0 Å². The summed E-state index contributed by atoms with van der Waals surface area (Å²) in [6.45, 7) is 10.7. The van der Waals surface area contributed by atoms with E-state index in [0.717, 1.165) is 6.42 Å². The molecule has 1 aromatic rings. The third-order valence-corrected chi connectivity index (χ3v) is 2.74. The molecular weight excluding hydrogens is 257 g/mol. The van der Waals surface area contributed by atoms with Crippen molar-refractivity contribution >= 4 is 5.82 Å². The third-order valence-electron chi connectivity index (χ3n) is 2.74. The Bertz CT molecular complexity index is 405. The van der Waals surface area contributed by atoms with Gasteiger partial charge < -0.3 is 15.4 Å². The van der Waals surface area contributed by atoms with E-state index < -0.39 is 0 Å². The van der Waals surface area contributed by atoms with Crippen molar-refractivity contribution in [3.8, 4) is 0 Å². The lowest BCUT2D eigenvalue weighted by molar-refractivity contribution is 0.147. The first-order chi connectivity index (χ1) is 9.44. The van der Waals surface area contributed by atoms with E-state index in [1.807, 2.05) is 6.92 Å². The molecule has 0 aliphatic rings. The van der Waals surface area contributed by atoms with Gasteiger partial charge in [-0.3, -0.25) is 0 Å². The van der Waals surface area contributed by atoms with Crippen LogP contribution in [-0.2, 0) is 11.3 Å². The van der Waals surface area contributed by atoms with Gasteiger partial charge in [0.15, 0.2) is 11.6 Å². The summed E-state index contributed by atoms with van der Waals surface area (Å²) in [7, 11) is 0. The van der Waals surface area contributed by atoms with E-state index >= 15 is 0 Å². The lowest BCUT2D eigenvalue weighted by Gasteiger charge is -2.21. The maximum Gasteiger partial charge on any atom is 0.169 e. The minimum Gasteiger partial charge on any atom is -0.382 e. The average molecular weight is 283 g/mol. The van der Waals surface area contributed by atoms with E-state index in [1.54, 1.807) is 12.3 Å². The van der Waals surface area contributed by atoms with Gasteiger partial charge >= 0.3 is 0 Å². The molecule has 0 aromatic carbocycles. The van der Waals surface area contributed by atoms with Gasteiger partial charge in [-0.05, 0) is 40.2 Å². The van der Waals surface area contributed by atoms with Crippen LogP contribution in [0.5, 0.6) is 0 Å². The molecule has 0 amide bonds. The van der Waals surface area contributed by atoms with Crippen LogP contribution in [0.4, 0.5) is 10.2 Å². The molecule has 0 spiro atoms. The molecule has 1 rings (SSSR count). The summed E-state index contributed by atoms with van der Waals surface area (Å²) in [5.41, 5.74) is 0.586. The number of hydrogen-bond acceptors (Lipinski definition) is 4. The number of hydrogen-bond donors (Lipinski definition) is 2. The van der Waals surface area contributed by atoms with Gasteiger partial charge in [-0.25, -0.2) is 9.37 Å². The van der Waals surface area contributed by atoms with Crippen LogP contribution < -0.4 is 10.6 Å². The maximum atomic E-state index is 14.2. The summed E-state index contributed by atoms with van der Waals surface area (Å²) >= 11 is 0. The highest BCUT2D eigenvalue weighted by Gasteiger charge is 2.13. The number of anilines is 1. The van der Waals surface area contributed by atoms with Crippen molar-refractivity contribution in [3.05, 3.63) is 23.6 Å². The predicted octanol–water partition coefficient (Wildman–Crippen LogP) is 2.95. The highest BCUT2D eigenvalue weighted by Crippen LogP contribution is 2.15. The minimum atomic E-state index is -0.277. The van der Waals surface area contributed by atoms with Crippen molar-refractivity contribution in [1.29, 1.82) is 0 Å². The summed E-state index contributed by atoms with van der Waals surface area (Å²) in [6, 6.07) is 1.71. The monoisotopic (exact) mass is 283 g/mol. The summed E-state index contributed by atoms with van der Waals surface area (Å²) in [5.74, 6) is 0.0374. The Morgan fingerprint density at radius 3 is 2.75 bits per heavy atom. The number of halogens is 1. The Labute approximate surface area is 121 Å². The Balaban J connectivity index is 2.52. The topological polar surface area (TPSA) is 46.2 Å². The van der Waals surface area contributed by atoms with Crippen molar-refractivity contribution in [3.63, 3.8) is 0 Å². The van der Waals surface area contributed by atoms with Crippen LogP contribution in [0.25, 0.3) is 0 Å². The Morgan fingerprint density at radius 1 is 1.35 bits per heavy atom. The van der Waals surface area contributed by atoms with Gasteiger partial charge in [0.2, 0.25) is 0 Å². The molecule has 2 N–H and O–H groups in total. The zero-order chi connectivity index (χ0) is 15.0. The minimum absolute atomic E-state index is 0.0409. The molecule has 0 aliphatic carbocycles. The SMILES string of the molecule is CCOCCCNc1nccc(CNC(C)(C)C)c1F. The molecule has 0 aliphatic heterocycles. The van der Waals surface area contributed by atoms with E-state index in [9.17, 15) is 4.39 Å². The first-order valence-electron chi connectivity index (χ1n) is 7.14. The zero-order valence-corrected chi connectivity index (χ0v) is 12.9. The van der Waals surface area contributed by atoms with Crippen molar-refractivity contribution in [1.82, 2.24) is 10.3 Å². The average Bonchev–Trinajstić information content (AvgIpc) is 2.38. The molecule has 0 bridgehead atoms. The second-order valence-electron chi connectivity index (χ2n) is 5.71. The second kappa shape index (κ2) is 8.17. The van der Waals surface area contributed by atoms with Crippen LogP contribution in [0.15, 0.2) is 12.3 Å². The van der Waals surface area contributed by atoms with E-state index in [-0.39, 0.29) is 11.4 Å². The predicted molar refractivity (Wildman–Crippen MR) is 80.4 cm³/mol. The van der Waals surface area contributed by atoms with Crippen LogP contribution in [-0.4, -0.2) is 30.3 Å². The number of ether oxygens (including phenoxy) is 1. The Hall–Kier alpha value is -1.20. The summed E-state index contributed by atoms with van der Waals surface area (Å²) in [4.78, 5) is 4.05. The normalized spacial score (nSPS) is 11.7. The van der Waals surface area contributed by atoms with Crippen LogP contribution in [0.2, 0.25) is 0 Å². The standard InChI is InChI=1S/C15H26FN3O/c1-5-20-10-6-8-17-14-13(16)12(7-9-18-14)11-19-15(2,3)4/h7,9,19H,5-6,8,10-11H2,1-4H3,(H,17,18). The van der Waals surface area contributed by atoms with E-state index in [0.29, 0.717) is 37.7 Å². The lowest BCUT2D eigenvalue weighted by Crippen LogP contribution is -2.35. The molecule has 1 heterocycles. The number of aromatic nitrogens is 1. The van der Waals surface area contributed by atoms with Crippen LogP contribution in [0.1, 0.15) is 39.7 Å². The van der Waals surface area contributed by atoms with Crippen LogP contribution in [0, 0.1) is 5.82 Å². The van der Waals surface area contributed by atoms with Gasteiger partial charge in [0.05, 0.1) is 0 Å². The zero-order valence-electron chi connectivity index (χ0n) is 12.9. The number of nitrogens with zero attached hydrogens (tertiary/aromatic N) is 1. The number of pyridine rings is 1. The quantitative estimate of drug-likeness (QED) is 0.720. The highest BCUT2D eigenvalue weighted by atomic mass is 19.1. The van der Waals surface area contributed by atoms with Crippen LogP contribution in [0.3, 0.4) is 0 Å². The molecule has 0 saturated carbocycles. The van der Waals surface area contributed by atoms with Crippen molar-refractivity contribution < 1.29 is 9.13 Å². The van der Waals surface area contributed by atoms with Gasteiger partial charge in [-0.15, -0.1) is 0 Å². The first kappa shape index (κ1) is 16.9. The largest absolute Gasteiger partial charge is 0.382 e. The van der Waals surface area contributed by atoms with Gasteiger partial charge in [0.1, 0.15) is 0 Å². The fraction of sp³-hybridized carbons (Fsp3) is 0.667. The van der Waals surface area contributed by atoms with Gasteiger partial charge in [-0.2, -0.15) is 0 Å². The maximum absolute atomic E-state index is 14.2. The molecular formula is C15H26FN3O. The molecule has 114 valence electrons. The molecule has 0 unspecified atom stereocenters. The summed E-state index contributed by atoms with van der Waals surface area (Å²) in [6.07, 6.45) is 2.47. The molecule has 5 heteroatoms. The summed E-state index contributed by atoms with van der Waals surface area (Å²) in [5, 5.41) is 6.29. The van der Waals surface area contributed by atoms with Crippen molar-refractivity contribution in [2.45, 2.75) is 46.2 Å². The Morgan fingerprint density at radius 2 is 2.10 bits per heavy atom. The molecule has 0 radical (unpaired) electrons. The van der Waals surface area contributed by atoms with Crippen molar-refractivity contribution in [2.75, 3.05) is 25.1 Å². The molecule has 20 heavy (non-hydrogen) atoms. The third kappa shape index (κ3) is 6.30. The van der Waals surface area contributed by atoms with Crippen molar-refractivity contribution in [2.24, 2.45) is 0 Å². The van der Waals surface area contributed by atoms with Gasteiger partial charge in [-0.1, -0.05) is 0 Å². The highest BCUT2D eigenvalue weighted by molar-refractivity contribution is 5.39. The first-order valence-corrected chi connectivity index (χ1v) is 7.14.